The van der Waals surface area contributed by atoms with Gasteiger partial charge in [-0.25, -0.2) is 0 Å². The van der Waals surface area contributed by atoms with Crippen molar-refractivity contribution in [2.45, 2.75) is 0 Å². The minimum atomic E-state index is 0.279. The molecular weight excluding hydrogens is 176 g/mol. The van der Waals surface area contributed by atoms with E-state index in [0.717, 1.165) is 30.0 Å². The molecule has 0 aromatic heterocycles. The van der Waals surface area contributed by atoms with Crippen LogP contribution in [0.1, 0.15) is 5.56 Å². The molecule has 3 nitrogen and oxygen atoms in total. The fraction of sp³-hybridized carbons (Fsp3) is 0.273. The smallest absolute Gasteiger partial charge is 0.118 e. The van der Waals surface area contributed by atoms with Crippen LogP contribution in [0.2, 0.25) is 0 Å². The van der Waals surface area contributed by atoms with E-state index in [1.54, 1.807) is 18.2 Å². The zero-order valence-electron chi connectivity index (χ0n) is 8.25. The minimum absolute atomic E-state index is 0.279. The zero-order valence-corrected chi connectivity index (χ0v) is 8.25. The number of hydrogen-bond acceptors (Lipinski definition) is 3. The van der Waals surface area contributed by atoms with Crippen LogP contribution in [0.4, 0.5) is 11.4 Å². The molecule has 0 saturated carbocycles. The zero-order chi connectivity index (χ0) is 10.1. The molecule has 0 spiro atoms. The third-order valence-corrected chi connectivity index (χ3v) is 2.49. The van der Waals surface area contributed by atoms with Gasteiger partial charge in [-0.15, -0.1) is 0 Å². The van der Waals surface area contributed by atoms with Crippen molar-refractivity contribution in [3.63, 3.8) is 0 Å². The highest BCUT2D eigenvalue weighted by Gasteiger charge is 2.16. The van der Waals surface area contributed by atoms with Gasteiger partial charge in [0.25, 0.3) is 0 Å². The maximum atomic E-state index is 9.48. The summed E-state index contributed by atoms with van der Waals surface area (Å²) in [6.07, 6.45) is 1.77. The lowest BCUT2D eigenvalue weighted by Crippen LogP contribution is -2.30. The number of nitrogens with zero attached hydrogens (tertiary/aromatic N) is 1. The molecule has 1 heterocycles. The van der Waals surface area contributed by atoms with Gasteiger partial charge in [-0.2, -0.15) is 0 Å². The maximum absolute atomic E-state index is 9.48. The van der Waals surface area contributed by atoms with Crippen LogP contribution in [-0.2, 0) is 0 Å². The molecule has 1 aliphatic rings. The van der Waals surface area contributed by atoms with E-state index in [-0.39, 0.29) is 5.75 Å². The number of fused-ring (bicyclic) bond motifs is 1. The molecule has 0 radical (unpaired) electrons. The molecule has 0 unspecified atom stereocenters. The van der Waals surface area contributed by atoms with Crippen molar-refractivity contribution in [1.82, 2.24) is 0 Å². The second kappa shape index (κ2) is 3.25. The molecular formula is C11H14N2O. The van der Waals surface area contributed by atoms with E-state index in [2.05, 4.69) is 16.8 Å². The van der Waals surface area contributed by atoms with Crippen LogP contribution in [0.3, 0.4) is 0 Å². The molecule has 3 heteroatoms. The molecule has 0 atom stereocenters. The highest BCUT2D eigenvalue weighted by molar-refractivity contribution is 5.82. The molecule has 14 heavy (non-hydrogen) atoms. The van der Waals surface area contributed by atoms with Gasteiger partial charge in [0, 0.05) is 31.8 Å². The predicted molar refractivity (Wildman–Crippen MR) is 60.0 cm³/mol. The van der Waals surface area contributed by atoms with E-state index in [4.69, 9.17) is 0 Å². The van der Waals surface area contributed by atoms with Gasteiger partial charge in [0.2, 0.25) is 0 Å². The lowest BCUT2D eigenvalue weighted by atomic mass is 10.1. The monoisotopic (exact) mass is 190 g/mol. The van der Waals surface area contributed by atoms with Crippen molar-refractivity contribution < 1.29 is 5.11 Å². The second-order valence-corrected chi connectivity index (χ2v) is 3.48. The molecule has 0 aliphatic carbocycles. The van der Waals surface area contributed by atoms with E-state index in [1.807, 2.05) is 7.05 Å². The average molecular weight is 190 g/mol. The van der Waals surface area contributed by atoms with E-state index in [0.29, 0.717) is 0 Å². The number of rotatable bonds is 1. The Balaban J connectivity index is 2.61. The first-order valence-electron chi connectivity index (χ1n) is 4.67. The van der Waals surface area contributed by atoms with Crippen molar-refractivity contribution >= 4 is 17.5 Å². The van der Waals surface area contributed by atoms with Crippen LogP contribution < -0.4 is 10.2 Å². The van der Waals surface area contributed by atoms with Gasteiger partial charge in [0.05, 0.1) is 11.4 Å². The van der Waals surface area contributed by atoms with Gasteiger partial charge in [0.1, 0.15) is 5.75 Å². The predicted octanol–water partition coefficient (Wildman–Crippen LogP) is 1.90. The Morgan fingerprint density at radius 2 is 2.36 bits per heavy atom. The van der Waals surface area contributed by atoms with E-state index in [9.17, 15) is 5.11 Å². The number of hydrogen-bond donors (Lipinski definition) is 2. The van der Waals surface area contributed by atoms with E-state index >= 15 is 0 Å². The lowest BCUT2D eigenvalue weighted by Gasteiger charge is -2.30. The van der Waals surface area contributed by atoms with Gasteiger partial charge in [0.15, 0.2) is 0 Å². The van der Waals surface area contributed by atoms with Crippen molar-refractivity contribution in [1.29, 1.82) is 0 Å². The summed E-state index contributed by atoms with van der Waals surface area (Å²) in [6.45, 7) is 5.63. The maximum Gasteiger partial charge on any atom is 0.118 e. The summed E-state index contributed by atoms with van der Waals surface area (Å²) >= 11 is 0. The van der Waals surface area contributed by atoms with E-state index < -0.39 is 0 Å². The normalized spacial score (nSPS) is 14.5. The van der Waals surface area contributed by atoms with Gasteiger partial charge in [-0.3, -0.25) is 0 Å². The summed E-state index contributed by atoms with van der Waals surface area (Å²) in [4.78, 5) is 2.17. The number of anilines is 2. The first-order valence-corrected chi connectivity index (χ1v) is 4.67. The number of likely N-dealkylation sites (N-methyl/N-ethyl adjacent to an activating group) is 1. The van der Waals surface area contributed by atoms with Crippen LogP contribution >= 0.6 is 0 Å². The molecule has 0 bridgehead atoms. The Bertz CT molecular complexity index is 374. The molecule has 1 aliphatic heterocycles. The van der Waals surface area contributed by atoms with Crippen LogP contribution in [0, 0.1) is 0 Å². The second-order valence-electron chi connectivity index (χ2n) is 3.48. The van der Waals surface area contributed by atoms with Crippen molar-refractivity contribution in [2.24, 2.45) is 0 Å². The first kappa shape index (κ1) is 8.94. The molecule has 0 saturated heterocycles. The number of phenolic OH excluding ortho intramolecular Hbond substituents is 1. The van der Waals surface area contributed by atoms with Crippen molar-refractivity contribution in [3.8, 4) is 5.75 Å². The number of nitrogens with one attached hydrogen (secondary N) is 1. The van der Waals surface area contributed by atoms with Crippen LogP contribution in [-0.4, -0.2) is 25.2 Å². The lowest BCUT2D eigenvalue weighted by molar-refractivity contribution is 0.475. The van der Waals surface area contributed by atoms with Crippen LogP contribution in [0.25, 0.3) is 6.08 Å². The van der Waals surface area contributed by atoms with Gasteiger partial charge in [-0.1, -0.05) is 12.7 Å². The summed E-state index contributed by atoms with van der Waals surface area (Å²) < 4.78 is 0. The minimum Gasteiger partial charge on any atom is -0.508 e. The van der Waals surface area contributed by atoms with Crippen molar-refractivity contribution in [2.75, 3.05) is 30.4 Å². The van der Waals surface area contributed by atoms with Gasteiger partial charge in [-0.05, 0) is 6.07 Å². The molecule has 2 rings (SSSR count). The average Bonchev–Trinajstić information content (AvgIpc) is 2.16. The quantitative estimate of drug-likeness (QED) is 0.710. The Morgan fingerprint density at radius 3 is 3.07 bits per heavy atom. The standard InChI is InChI=1S/C11H14N2O/c1-3-8-6-9(14)7-10-11(8)13(2)5-4-12-10/h3,6-7,12,14H,1,4-5H2,2H3. The van der Waals surface area contributed by atoms with Crippen LogP contribution in [0.15, 0.2) is 18.7 Å². The Hall–Kier alpha value is -1.64. The Labute approximate surface area is 83.7 Å². The van der Waals surface area contributed by atoms with Gasteiger partial charge < -0.3 is 15.3 Å². The van der Waals surface area contributed by atoms with Crippen LogP contribution in [0.5, 0.6) is 5.75 Å². The molecule has 1 aromatic rings. The summed E-state index contributed by atoms with van der Waals surface area (Å²) in [5.74, 6) is 0.279. The third-order valence-electron chi connectivity index (χ3n) is 2.49. The highest BCUT2D eigenvalue weighted by atomic mass is 16.3. The van der Waals surface area contributed by atoms with E-state index in [1.165, 1.54) is 0 Å². The number of aromatic hydroxyl groups is 1. The molecule has 74 valence electrons. The summed E-state index contributed by atoms with van der Waals surface area (Å²) in [6, 6.07) is 3.48. The first-order chi connectivity index (χ1) is 6.72. The highest BCUT2D eigenvalue weighted by Crippen LogP contribution is 2.35. The molecule has 0 fully saturated rings. The van der Waals surface area contributed by atoms with Crippen molar-refractivity contribution in [3.05, 3.63) is 24.3 Å². The van der Waals surface area contributed by atoms with Gasteiger partial charge >= 0.3 is 0 Å². The Morgan fingerprint density at radius 1 is 1.57 bits per heavy atom. The summed E-state index contributed by atoms with van der Waals surface area (Å²) in [7, 11) is 2.05. The number of phenols is 1. The largest absolute Gasteiger partial charge is 0.508 e. The third kappa shape index (κ3) is 1.31. The molecule has 2 N–H and O–H groups in total. The SMILES string of the molecule is C=Cc1cc(O)cc2c1N(C)CCN2. The fourth-order valence-corrected chi connectivity index (χ4v) is 1.83. The summed E-state index contributed by atoms with van der Waals surface area (Å²) in [5, 5.41) is 12.7. The summed E-state index contributed by atoms with van der Waals surface area (Å²) in [5.41, 5.74) is 3.06. The fourth-order valence-electron chi connectivity index (χ4n) is 1.83. The Kier molecular flexibility index (Phi) is 2.08. The molecule has 0 amide bonds. The topological polar surface area (TPSA) is 35.5 Å². The number of benzene rings is 1. The molecule has 1 aromatic carbocycles.